The Morgan fingerprint density at radius 3 is 2.47 bits per heavy atom. The summed E-state index contributed by atoms with van der Waals surface area (Å²) in [5.41, 5.74) is 6.83. The van der Waals surface area contributed by atoms with Gasteiger partial charge in [-0.2, -0.15) is 0 Å². The molecule has 0 spiro atoms. The van der Waals surface area contributed by atoms with E-state index in [-0.39, 0.29) is 0 Å². The van der Waals surface area contributed by atoms with Crippen LogP contribution in [0.15, 0.2) is 35.3 Å². The SMILES string of the molecule is CCCN(CC)C(N)=Nc1ccccc1. The van der Waals surface area contributed by atoms with Gasteiger partial charge in [0.2, 0.25) is 0 Å². The largest absolute Gasteiger partial charge is 0.369 e. The highest BCUT2D eigenvalue weighted by atomic mass is 15.2. The fraction of sp³-hybridized carbons (Fsp3) is 0.417. The molecule has 1 rings (SSSR count). The minimum Gasteiger partial charge on any atom is -0.369 e. The summed E-state index contributed by atoms with van der Waals surface area (Å²) in [6.07, 6.45) is 1.08. The Balaban J connectivity index is 2.73. The molecule has 82 valence electrons. The van der Waals surface area contributed by atoms with Crippen LogP contribution in [0.3, 0.4) is 0 Å². The molecule has 2 N–H and O–H groups in total. The first-order valence-electron chi connectivity index (χ1n) is 5.42. The summed E-state index contributed by atoms with van der Waals surface area (Å²) in [6.45, 7) is 6.08. The topological polar surface area (TPSA) is 41.6 Å². The van der Waals surface area contributed by atoms with Crippen molar-refractivity contribution < 1.29 is 0 Å². The van der Waals surface area contributed by atoms with Gasteiger partial charge in [-0.15, -0.1) is 0 Å². The highest BCUT2D eigenvalue weighted by molar-refractivity contribution is 5.80. The summed E-state index contributed by atoms with van der Waals surface area (Å²) in [5, 5.41) is 0. The van der Waals surface area contributed by atoms with Crippen molar-refractivity contribution in [1.82, 2.24) is 4.90 Å². The third-order valence-electron chi connectivity index (χ3n) is 2.20. The van der Waals surface area contributed by atoms with Crippen LogP contribution in [0.4, 0.5) is 5.69 Å². The van der Waals surface area contributed by atoms with E-state index in [0.29, 0.717) is 5.96 Å². The third-order valence-corrected chi connectivity index (χ3v) is 2.20. The van der Waals surface area contributed by atoms with E-state index >= 15 is 0 Å². The first-order chi connectivity index (χ1) is 7.27. The lowest BCUT2D eigenvalue weighted by Crippen LogP contribution is -2.37. The predicted octanol–water partition coefficient (Wildman–Crippen LogP) is 2.36. The maximum absolute atomic E-state index is 5.92. The summed E-state index contributed by atoms with van der Waals surface area (Å²) in [4.78, 5) is 6.45. The second-order valence-corrected chi connectivity index (χ2v) is 3.39. The molecule has 0 aliphatic heterocycles. The second kappa shape index (κ2) is 6.06. The summed E-state index contributed by atoms with van der Waals surface area (Å²) >= 11 is 0. The Bertz CT molecular complexity index is 306. The van der Waals surface area contributed by atoms with Crippen molar-refractivity contribution >= 4 is 11.6 Å². The highest BCUT2D eigenvalue weighted by Crippen LogP contribution is 2.10. The van der Waals surface area contributed by atoms with Gasteiger partial charge in [-0.05, 0) is 25.5 Å². The van der Waals surface area contributed by atoms with Crippen molar-refractivity contribution in [2.45, 2.75) is 20.3 Å². The smallest absolute Gasteiger partial charge is 0.196 e. The molecule has 0 aromatic heterocycles. The number of nitrogens with zero attached hydrogens (tertiary/aromatic N) is 2. The van der Waals surface area contributed by atoms with Gasteiger partial charge in [0.05, 0.1) is 5.69 Å². The maximum Gasteiger partial charge on any atom is 0.196 e. The summed E-state index contributed by atoms with van der Waals surface area (Å²) in [5.74, 6) is 0.602. The van der Waals surface area contributed by atoms with Crippen LogP contribution in [-0.2, 0) is 0 Å². The molecule has 0 saturated carbocycles. The van der Waals surface area contributed by atoms with Crippen LogP contribution in [0.5, 0.6) is 0 Å². The predicted molar refractivity (Wildman–Crippen MR) is 65.3 cm³/mol. The number of hydrogen-bond donors (Lipinski definition) is 1. The minimum absolute atomic E-state index is 0.602. The number of guanidine groups is 1. The molecule has 0 heterocycles. The molecule has 1 aromatic carbocycles. The average Bonchev–Trinajstić information content (AvgIpc) is 2.27. The van der Waals surface area contributed by atoms with Gasteiger partial charge in [0.1, 0.15) is 0 Å². The molecule has 0 unspecified atom stereocenters. The lowest BCUT2D eigenvalue weighted by Gasteiger charge is -2.20. The summed E-state index contributed by atoms with van der Waals surface area (Å²) in [7, 11) is 0. The molecule has 1 aromatic rings. The second-order valence-electron chi connectivity index (χ2n) is 3.39. The number of aliphatic imine (C=N–C) groups is 1. The minimum atomic E-state index is 0.602. The maximum atomic E-state index is 5.92. The van der Waals surface area contributed by atoms with Crippen molar-refractivity contribution in [2.24, 2.45) is 10.7 Å². The zero-order chi connectivity index (χ0) is 11.1. The van der Waals surface area contributed by atoms with Crippen LogP contribution in [0, 0.1) is 0 Å². The number of rotatable bonds is 4. The van der Waals surface area contributed by atoms with Crippen molar-refractivity contribution in [2.75, 3.05) is 13.1 Å². The number of nitrogens with two attached hydrogens (primary N) is 1. The monoisotopic (exact) mass is 205 g/mol. The molecule has 3 heteroatoms. The first kappa shape index (κ1) is 11.6. The molecule has 0 saturated heterocycles. The summed E-state index contributed by atoms with van der Waals surface area (Å²) in [6, 6.07) is 9.79. The normalized spacial score (nSPS) is 11.5. The molecule has 0 radical (unpaired) electrons. The molecule has 0 atom stereocenters. The fourth-order valence-corrected chi connectivity index (χ4v) is 1.41. The van der Waals surface area contributed by atoms with E-state index in [1.54, 1.807) is 0 Å². The van der Waals surface area contributed by atoms with E-state index < -0.39 is 0 Å². The Morgan fingerprint density at radius 2 is 1.93 bits per heavy atom. The standard InChI is InChI=1S/C12H19N3/c1-3-10-15(4-2)12(13)14-11-8-6-5-7-9-11/h5-9H,3-4,10H2,1-2H3,(H2,13,14). The zero-order valence-electron chi connectivity index (χ0n) is 9.48. The van der Waals surface area contributed by atoms with Gasteiger partial charge in [0, 0.05) is 13.1 Å². The Kier molecular flexibility index (Phi) is 4.68. The van der Waals surface area contributed by atoms with E-state index in [0.717, 1.165) is 25.2 Å². The van der Waals surface area contributed by atoms with Crippen LogP contribution >= 0.6 is 0 Å². The number of para-hydroxylation sites is 1. The molecular formula is C12H19N3. The Hall–Kier alpha value is -1.51. The summed E-state index contributed by atoms with van der Waals surface area (Å²) < 4.78 is 0. The van der Waals surface area contributed by atoms with Crippen LogP contribution < -0.4 is 5.73 Å². The van der Waals surface area contributed by atoms with Crippen LogP contribution in [0.1, 0.15) is 20.3 Å². The molecule has 15 heavy (non-hydrogen) atoms. The van der Waals surface area contributed by atoms with Crippen LogP contribution in [0.25, 0.3) is 0 Å². The van der Waals surface area contributed by atoms with Crippen LogP contribution in [-0.4, -0.2) is 23.9 Å². The first-order valence-corrected chi connectivity index (χ1v) is 5.42. The molecule has 0 amide bonds. The van der Waals surface area contributed by atoms with E-state index in [1.165, 1.54) is 0 Å². The van der Waals surface area contributed by atoms with Crippen LogP contribution in [0.2, 0.25) is 0 Å². The molecule has 0 bridgehead atoms. The highest BCUT2D eigenvalue weighted by Gasteiger charge is 2.03. The number of hydrogen-bond acceptors (Lipinski definition) is 1. The van der Waals surface area contributed by atoms with Gasteiger partial charge in [-0.3, -0.25) is 0 Å². The van der Waals surface area contributed by atoms with Gasteiger partial charge in [-0.25, -0.2) is 4.99 Å². The van der Waals surface area contributed by atoms with Crippen molar-refractivity contribution in [3.63, 3.8) is 0 Å². The van der Waals surface area contributed by atoms with Crippen molar-refractivity contribution in [3.05, 3.63) is 30.3 Å². The lowest BCUT2D eigenvalue weighted by molar-refractivity contribution is 0.435. The number of benzene rings is 1. The molecule has 0 aliphatic rings. The van der Waals surface area contributed by atoms with Crippen molar-refractivity contribution in [1.29, 1.82) is 0 Å². The molecule has 3 nitrogen and oxygen atoms in total. The van der Waals surface area contributed by atoms with Gasteiger partial charge in [-0.1, -0.05) is 25.1 Å². The van der Waals surface area contributed by atoms with Gasteiger partial charge >= 0.3 is 0 Å². The zero-order valence-corrected chi connectivity index (χ0v) is 9.48. The quantitative estimate of drug-likeness (QED) is 0.605. The van der Waals surface area contributed by atoms with E-state index in [1.807, 2.05) is 30.3 Å². The average molecular weight is 205 g/mol. The Labute approximate surface area is 91.6 Å². The van der Waals surface area contributed by atoms with E-state index in [4.69, 9.17) is 5.73 Å². The fourth-order valence-electron chi connectivity index (χ4n) is 1.41. The van der Waals surface area contributed by atoms with Gasteiger partial charge < -0.3 is 10.6 Å². The molecule has 0 aliphatic carbocycles. The molecular weight excluding hydrogens is 186 g/mol. The Morgan fingerprint density at radius 1 is 1.27 bits per heavy atom. The third kappa shape index (κ3) is 3.62. The van der Waals surface area contributed by atoms with Gasteiger partial charge in [0.15, 0.2) is 5.96 Å². The van der Waals surface area contributed by atoms with Gasteiger partial charge in [0.25, 0.3) is 0 Å². The van der Waals surface area contributed by atoms with Crippen molar-refractivity contribution in [3.8, 4) is 0 Å². The lowest BCUT2D eigenvalue weighted by atomic mass is 10.3. The van der Waals surface area contributed by atoms with E-state index in [2.05, 4.69) is 23.7 Å². The molecule has 0 fully saturated rings. The van der Waals surface area contributed by atoms with E-state index in [9.17, 15) is 0 Å².